The van der Waals surface area contributed by atoms with Gasteiger partial charge in [0.05, 0.1) is 5.56 Å². The highest BCUT2D eigenvalue weighted by atomic mass is 16.4. The first kappa shape index (κ1) is 17.7. The maximum Gasteiger partial charge on any atom is 0.336 e. The van der Waals surface area contributed by atoms with Gasteiger partial charge in [-0.2, -0.15) is 0 Å². The van der Waals surface area contributed by atoms with Crippen molar-refractivity contribution in [2.45, 2.75) is 18.8 Å². The Morgan fingerprint density at radius 2 is 1.73 bits per heavy atom. The molecule has 3 rings (SSSR count). The molecule has 4 nitrogen and oxygen atoms in total. The second-order valence-corrected chi connectivity index (χ2v) is 6.65. The molecule has 1 heterocycles. The van der Waals surface area contributed by atoms with Crippen molar-refractivity contribution < 1.29 is 14.7 Å². The van der Waals surface area contributed by atoms with Crippen LogP contribution in [0.5, 0.6) is 0 Å². The Bertz CT molecular complexity index is 928. The van der Waals surface area contributed by atoms with E-state index in [-0.39, 0.29) is 22.3 Å². The molecule has 1 aliphatic rings. The van der Waals surface area contributed by atoms with Crippen LogP contribution in [0.4, 0.5) is 5.69 Å². The average Bonchev–Trinajstić information content (AvgIpc) is 2.84. The highest BCUT2D eigenvalue weighted by Gasteiger charge is 2.41. The molecular formula is C22H21NO3. The fourth-order valence-corrected chi connectivity index (χ4v) is 3.72. The van der Waals surface area contributed by atoms with Crippen LogP contribution in [-0.2, 0) is 5.41 Å². The van der Waals surface area contributed by atoms with Gasteiger partial charge in [0.15, 0.2) is 5.78 Å². The molecule has 0 radical (unpaired) electrons. The molecule has 0 spiro atoms. The molecule has 1 atom stereocenters. The van der Waals surface area contributed by atoms with Gasteiger partial charge < -0.3 is 10.0 Å². The Kier molecular flexibility index (Phi) is 4.51. The van der Waals surface area contributed by atoms with Crippen LogP contribution in [0.3, 0.4) is 0 Å². The quantitative estimate of drug-likeness (QED) is 0.494. The Morgan fingerprint density at radius 1 is 1.12 bits per heavy atom. The fourth-order valence-electron chi connectivity index (χ4n) is 3.72. The van der Waals surface area contributed by atoms with Gasteiger partial charge in [0, 0.05) is 35.5 Å². The zero-order valence-corrected chi connectivity index (χ0v) is 14.9. The third-order valence-electron chi connectivity index (χ3n) is 5.03. The van der Waals surface area contributed by atoms with Gasteiger partial charge in [0.1, 0.15) is 0 Å². The van der Waals surface area contributed by atoms with Crippen molar-refractivity contribution in [1.29, 1.82) is 0 Å². The number of benzene rings is 2. The number of likely N-dealkylation sites (N-methyl/N-ethyl adjacent to an activating group) is 1. The molecule has 0 saturated carbocycles. The molecule has 4 heteroatoms. The van der Waals surface area contributed by atoms with Crippen molar-refractivity contribution in [3.8, 4) is 0 Å². The van der Waals surface area contributed by atoms with Gasteiger partial charge in [-0.05, 0) is 31.0 Å². The number of carboxylic acid groups (broad SMARTS) is 1. The van der Waals surface area contributed by atoms with Crippen molar-refractivity contribution in [2.75, 3.05) is 11.9 Å². The number of ketones is 1. The topological polar surface area (TPSA) is 57.6 Å². The van der Waals surface area contributed by atoms with Crippen molar-refractivity contribution in [1.82, 2.24) is 0 Å². The zero-order chi connectivity index (χ0) is 18.9. The number of anilines is 1. The minimum Gasteiger partial charge on any atom is -0.478 e. The van der Waals surface area contributed by atoms with Crippen LogP contribution in [0.1, 0.15) is 39.6 Å². The Labute approximate surface area is 153 Å². The third kappa shape index (κ3) is 2.73. The number of para-hydroxylation sites is 1. The third-order valence-corrected chi connectivity index (χ3v) is 5.03. The molecule has 0 aromatic heterocycles. The summed E-state index contributed by atoms with van der Waals surface area (Å²) in [4.78, 5) is 26.4. The maximum atomic E-state index is 12.9. The number of nitrogens with zero attached hydrogens (tertiary/aromatic N) is 1. The molecular weight excluding hydrogens is 326 g/mol. The van der Waals surface area contributed by atoms with E-state index in [2.05, 4.69) is 19.6 Å². The van der Waals surface area contributed by atoms with Crippen LogP contribution in [0.15, 0.2) is 73.0 Å². The summed E-state index contributed by atoms with van der Waals surface area (Å²) in [6.45, 7) is 5.95. The van der Waals surface area contributed by atoms with E-state index < -0.39 is 5.97 Å². The largest absolute Gasteiger partial charge is 0.478 e. The van der Waals surface area contributed by atoms with Gasteiger partial charge >= 0.3 is 5.97 Å². The van der Waals surface area contributed by atoms with E-state index in [1.807, 2.05) is 36.2 Å². The van der Waals surface area contributed by atoms with Crippen LogP contribution in [0, 0.1) is 0 Å². The van der Waals surface area contributed by atoms with Crippen LogP contribution in [-0.4, -0.2) is 23.9 Å². The van der Waals surface area contributed by atoms with Gasteiger partial charge in [-0.1, -0.05) is 42.5 Å². The van der Waals surface area contributed by atoms with Gasteiger partial charge in [0.2, 0.25) is 0 Å². The van der Waals surface area contributed by atoms with E-state index in [0.29, 0.717) is 6.42 Å². The van der Waals surface area contributed by atoms with Crippen molar-refractivity contribution >= 4 is 17.4 Å². The van der Waals surface area contributed by atoms with Crippen molar-refractivity contribution in [3.05, 3.63) is 89.6 Å². The summed E-state index contributed by atoms with van der Waals surface area (Å²) in [5.41, 5.74) is 2.83. The molecule has 0 saturated heterocycles. The summed E-state index contributed by atoms with van der Waals surface area (Å²) in [7, 11) is 1.93. The number of carbonyl (C=O) groups excluding carboxylic acids is 1. The van der Waals surface area contributed by atoms with E-state index in [1.54, 1.807) is 24.3 Å². The summed E-state index contributed by atoms with van der Waals surface area (Å²) in [6.07, 6.45) is 4.08. The number of rotatable bonds is 5. The van der Waals surface area contributed by atoms with E-state index in [1.165, 1.54) is 6.07 Å². The predicted octanol–water partition coefficient (Wildman–Crippen LogP) is 4.44. The molecule has 0 aliphatic carbocycles. The lowest BCUT2D eigenvalue weighted by molar-refractivity contribution is 0.0693. The summed E-state index contributed by atoms with van der Waals surface area (Å²) < 4.78 is 0. The van der Waals surface area contributed by atoms with Gasteiger partial charge in [-0.15, -0.1) is 6.58 Å². The molecule has 0 bridgehead atoms. The highest BCUT2D eigenvalue weighted by molar-refractivity contribution is 6.11. The summed E-state index contributed by atoms with van der Waals surface area (Å²) in [5.74, 6) is -1.42. The first-order valence-corrected chi connectivity index (χ1v) is 8.43. The number of hydrogen-bond donors (Lipinski definition) is 1. The Balaban J connectivity index is 2.12. The monoisotopic (exact) mass is 347 g/mol. The van der Waals surface area contributed by atoms with Crippen LogP contribution in [0.2, 0.25) is 0 Å². The van der Waals surface area contributed by atoms with Crippen LogP contribution < -0.4 is 4.90 Å². The standard InChI is InChI=1S/C22H21NO3/c1-4-13-22(2)17-11-7-8-12-18(17)23(3)20(22)14-19(24)15-9-5-6-10-16(15)21(25)26/h4-12,14H,1,13H2,2-3H3,(H,25,26). The molecule has 1 N–H and O–H groups in total. The first-order valence-electron chi connectivity index (χ1n) is 8.43. The van der Waals surface area contributed by atoms with E-state index in [4.69, 9.17) is 0 Å². The van der Waals surface area contributed by atoms with Gasteiger partial charge in [0.25, 0.3) is 0 Å². The summed E-state index contributed by atoms with van der Waals surface area (Å²) in [6, 6.07) is 14.3. The first-order chi connectivity index (χ1) is 12.4. The molecule has 26 heavy (non-hydrogen) atoms. The molecule has 2 aromatic carbocycles. The molecule has 1 unspecified atom stereocenters. The molecule has 0 fully saturated rings. The van der Waals surface area contributed by atoms with Crippen LogP contribution >= 0.6 is 0 Å². The number of carbonyl (C=O) groups is 2. The minimum atomic E-state index is -1.11. The van der Waals surface area contributed by atoms with Gasteiger partial charge in [-0.25, -0.2) is 4.79 Å². The number of hydrogen-bond acceptors (Lipinski definition) is 3. The lowest BCUT2D eigenvalue weighted by atomic mass is 9.78. The Hall–Kier alpha value is -3.14. The van der Waals surface area contributed by atoms with E-state index >= 15 is 0 Å². The summed E-state index contributed by atoms with van der Waals surface area (Å²) in [5, 5.41) is 9.36. The minimum absolute atomic E-state index is 0.0120. The highest BCUT2D eigenvalue weighted by Crippen LogP contribution is 2.49. The molecule has 0 amide bonds. The van der Waals surface area contributed by atoms with Crippen molar-refractivity contribution in [3.63, 3.8) is 0 Å². The molecule has 1 aliphatic heterocycles. The van der Waals surface area contributed by atoms with Gasteiger partial charge in [-0.3, -0.25) is 4.79 Å². The number of carboxylic acids is 1. The number of allylic oxidation sites excluding steroid dienone is 3. The maximum absolute atomic E-state index is 12.9. The SMILES string of the molecule is C=CCC1(C)C(=CC(=O)c2ccccc2C(=O)O)N(C)c2ccccc21. The second-order valence-electron chi connectivity index (χ2n) is 6.65. The second kappa shape index (κ2) is 6.64. The Morgan fingerprint density at radius 3 is 2.38 bits per heavy atom. The normalized spacial score (nSPS) is 20.1. The fraction of sp³-hybridized carbons (Fsp3) is 0.182. The smallest absolute Gasteiger partial charge is 0.336 e. The lowest BCUT2D eigenvalue weighted by Crippen LogP contribution is -2.27. The number of aromatic carboxylic acids is 1. The zero-order valence-electron chi connectivity index (χ0n) is 14.9. The lowest BCUT2D eigenvalue weighted by Gasteiger charge is -2.27. The van der Waals surface area contributed by atoms with E-state index in [9.17, 15) is 14.7 Å². The van der Waals surface area contributed by atoms with Crippen molar-refractivity contribution in [2.24, 2.45) is 0 Å². The predicted molar refractivity (Wildman–Crippen MR) is 103 cm³/mol. The molecule has 2 aromatic rings. The molecule has 132 valence electrons. The number of fused-ring (bicyclic) bond motifs is 1. The van der Waals surface area contributed by atoms with E-state index in [0.717, 1.165) is 16.9 Å². The average molecular weight is 347 g/mol. The van der Waals surface area contributed by atoms with Crippen LogP contribution in [0.25, 0.3) is 0 Å². The summed E-state index contributed by atoms with van der Waals surface area (Å²) >= 11 is 0.